The van der Waals surface area contributed by atoms with Crippen LogP contribution in [0.3, 0.4) is 0 Å². The Morgan fingerprint density at radius 2 is 0.667 bits per heavy atom. The average molecular weight is 466 g/mol. The molecule has 0 bridgehead atoms. The van der Waals surface area contributed by atoms with Gasteiger partial charge in [0.25, 0.3) is 0 Å². The molecule has 30 heavy (non-hydrogen) atoms. The second-order valence-electron chi connectivity index (χ2n) is 5.92. The van der Waals surface area contributed by atoms with Gasteiger partial charge in [-0.2, -0.15) is 0 Å². The topological polar surface area (TPSA) is 164 Å². The van der Waals surface area contributed by atoms with E-state index in [1.807, 2.05) is 0 Å². The zero-order chi connectivity index (χ0) is 22.8. The molecule has 0 aromatic carbocycles. The number of nitrogens with two attached hydrogens (primary N) is 1. The predicted octanol–water partition coefficient (Wildman–Crippen LogP) is -4.29. The van der Waals surface area contributed by atoms with E-state index in [0.717, 1.165) is 0 Å². The molecule has 0 aliphatic carbocycles. The van der Waals surface area contributed by atoms with E-state index in [4.69, 9.17) is 47.1 Å². The summed E-state index contributed by atoms with van der Waals surface area (Å²) in [5, 5.41) is 2.36. The lowest BCUT2D eigenvalue weighted by molar-refractivity contribution is -2.00. The van der Waals surface area contributed by atoms with Crippen LogP contribution in [0.5, 0.6) is 0 Å². The van der Waals surface area contributed by atoms with Gasteiger partial charge in [-0.15, -0.1) is 10.2 Å². The molecule has 0 saturated carbocycles. The molecular formula is C18H40ClNO10. The van der Waals surface area contributed by atoms with Crippen LogP contribution in [0.1, 0.15) is 26.7 Å². The number of quaternary nitrogens is 1. The molecule has 1 saturated heterocycles. The molecule has 0 aromatic rings. The maximum atomic E-state index is 8.49. The zero-order valence-electron chi connectivity index (χ0n) is 18.4. The number of ether oxygens (including phenoxy) is 6. The Bertz CT molecular complexity index is 226. The summed E-state index contributed by atoms with van der Waals surface area (Å²) in [6.07, 6.45) is 2.61. The molecule has 1 rings (SSSR count). The number of hydrogen-bond acceptors (Lipinski definition) is 10. The van der Waals surface area contributed by atoms with Crippen molar-refractivity contribution < 1.29 is 62.6 Å². The molecule has 12 heteroatoms. The van der Waals surface area contributed by atoms with Crippen LogP contribution in [0, 0.1) is 10.2 Å². The molecule has 1 aliphatic heterocycles. The SMILES string of the molecule is C1COCCOCCOCCOCCOCCO1.CCC[NH2+]CCC.[O-][Cl+3]([O-])([O-])[O-]. The van der Waals surface area contributed by atoms with Crippen molar-refractivity contribution in [2.75, 3.05) is 92.4 Å². The lowest BCUT2D eigenvalue weighted by atomic mass is 10.4. The first-order valence-corrected chi connectivity index (χ1v) is 11.5. The van der Waals surface area contributed by atoms with Gasteiger partial charge in [-0.3, -0.25) is 0 Å². The maximum Gasteiger partial charge on any atom is 0.0752 e. The Morgan fingerprint density at radius 3 is 0.800 bits per heavy atom. The van der Waals surface area contributed by atoms with Gasteiger partial charge < -0.3 is 33.7 Å². The Kier molecular flexibility index (Phi) is 28.7. The quantitative estimate of drug-likeness (QED) is 0.401. The van der Waals surface area contributed by atoms with Crippen LogP contribution in [-0.2, 0) is 28.4 Å². The van der Waals surface area contributed by atoms with Gasteiger partial charge in [0.15, 0.2) is 0 Å². The Labute approximate surface area is 182 Å². The van der Waals surface area contributed by atoms with Crippen LogP contribution in [0.4, 0.5) is 0 Å². The highest BCUT2D eigenvalue weighted by Crippen LogP contribution is 1.86. The van der Waals surface area contributed by atoms with E-state index >= 15 is 0 Å². The molecule has 1 aliphatic rings. The molecular weight excluding hydrogens is 426 g/mol. The number of hydrogen-bond donors (Lipinski definition) is 1. The standard InChI is InChI=1S/C12H24O6.C6H15N.ClHO4/c1-2-14-5-6-16-9-10-18-12-11-17-8-7-15-4-3-13-1;1-3-5-7-6-4-2;2-1(3,4)5/h1-12H2;7H,3-6H2,1-2H3;(H,2,3,4,5). The van der Waals surface area contributed by atoms with Gasteiger partial charge in [0, 0.05) is 0 Å². The first kappa shape index (κ1) is 32.0. The summed E-state index contributed by atoms with van der Waals surface area (Å²) in [6.45, 7) is 14.1. The normalized spacial score (nSPS) is 18.6. The molecule has 184 valence electrons. The molecule has 0 radical (unpaired) electrons. The molecule has 2 N–H and O–H groups in total. The first-order valence-electron chi connectivity index (χ1n) is 10.3. The monoisotopic (exact) mass is 465 g/mol. The third-order valence-corrected chi connectivity index (χ3v) is 3.22. The van der Waals surface area contributed by atoms with Crippen LogP contribution >= 0.6 is 0 Å². The second kappa shape index (κ2) is 26.9. The summed E-state index contributed by atoms with van der Waals surface area (Å²) in [6, 6.07) is 0. The van der Waals surface area contributed by atoms with Gasteiger partial charge in [-0.1, -0.05) is 13.8 Å². The van der Waals surface area contributed by atoms with Gasteiger partial charge in [0.2, 0.25) is 0 Å². The van der Waals surface area contributed by atoms with E-state index in [2.05, 4.69) is 19.2 Å². The van der Waals surface area contributed by atoms with Crippen molar-refractivity contribution in [3.05, 3.63) is 0 Å². The largest absolute Gasteiger partial charge is 0.377 e. The zero-order valence-corrected chi connectivity index (χ0v) is 19.1. The molecule has 0 spiro atoms. The second-order valence-corrected chi connectivity index (χ2v) is 6.67. The fourth-order valence-corrected chi connectivity index (χ4v) is 1.87. The van der Waals surface area contributed by atoms with E-state index in [-0.39, 0.29) is 0 Å². The fourth-order valence-electron chi connectivity index (χ4n) is 1.87. The minimum absolute atomic E-state index is 0.586. The van der Waals surface area contributed by atoms with E-state index in [9.17, 15) is 0 Å². The predicted molar refractivity (Wildman–Crippen MR) is 97.2 cm³/mol. The Hall–Kier alpha value is -0.150. The van der Waals surface area contributed by atoms with Crippen molar-refractivity contribution in [3.8, 4) is 0 Å². The minimum Gasteiger partial charge on any atom is -0.377 e. The van der Waals surface area contributed by atoms with Gasteiger partial charge >= 0.3 is 0 Å². The summed E-state index contributed by atoms with van der Waals surface area (Å²) >= 11 is 0. The van der Waals surface area contributed by atoms with Gasteiger partial charge in [-0.05, 0) is 12.8 Å². The molecule has 1 heterocycles. The summed E-state index contributed by atoms with van der Waals surface area (Å²) in [5.74, 6) is 0. The van der Waals surface area contributed by atoms with Crippen molar-refractivity contribution in [2.45, 2.75) is 26.7 Å². The number of rotatable bonds is 4. The molecule has 0 amide bonds. The van der Waals surface area contributed by atoms with Gasteiger partial charge in [0.05, 0.1) is 92.4 Å². The lowest BCUT2D eigenvalue weighted by Crippen LogP contribution is -2.84. The first-order chi connectivity index (χ1) is 14.4. The van der Waals surface area contributed by atoms with Gasteiger partial charge in [0.1, 0.15) is 0 Å². The van der Waals surface area contributed by atoms with Crippen LogP contribution in [-0.4, -0.2) is 92.4 Å². The van der Waals surface area contributed by atoms with Crippen molar-refractivity contribution in [3.63, 3.8) is 0 Å². The highest BCUT2D eigenvalue weighted by molar-refractivity contribution is 4.38. The third kappa shape index (κ3) is 42.1. The smallest absolute Gasteiger partial charge is 0.0752 e. The molecule has 11 nitrogen and oxygen atoms in total. The lowest BCUT2D eigenvalue weighted by Gasteiger charge is -2.17. The van der Waals surface area contributed by atoms with Crippen LogP contribution in [0.25, 0.3) is 0 Å². The van der Waals surface area contributed by atoms with Gasteiger partial charge in [-0.25, -0.2) is 18.6 Å². The van der Waals surface area contributed by atoms with Crippen molar-refractivity contribution in [1.29, 1.82) is 0 Å². The molecule has 1 fully saturated rings. The van der Waals surface area contributed by atoms with E-state index in [1.165, 1.54) is 25.9 Å². The Balaban J connectivity index is 0. The third-order valence-electron chi connectivity index (χ3n) is 3.22. The van der Waals surface area contributed by atoms with Crippen LogP contribution < -0.4 is 24.0 Å². The molecule has 0 atom stereocenters. The van der Waals surface area contributed by atoms with Crippen molar-refractivity contribution in [2.24, 2.45) is 0 Å². The highest BCUT2D eigenvalue weighted by atomic mass is 35.7. The fraction of sp³-hybridized carbons (Fsp3) is 1.00. The maximum absolute atomic E-state index is 8.49. The average Bonchev–Trinajstić information content (AvgIpc) is 2.68. The summed E-state index contributed by atoms with van der Waals surface area (Å²) in [4.78, 5) is 0. The van der Waals surface area contributed by atoms with E-state index < -0.39 is 10.2 Å². The summed E-state index contributed by atoms with van der Waals surface area (Å²) in [7, 11) is -4.94. The van der Waals surface area contributed by atoms with Crippen LogP contribution in [0.2, 0.25) is 0 Å². The molecule has 0 unspecified atom stereocenters. The van der Waals surface area contributed by atoms with Crippen LogP contribution in [0.15, 0.2) is 0 Å². The summed E-state index contributed by atoms with van der Waals surface area (Å²) < 4.78 is 65.9. The minimum atomic E-state index is -4.94. The molecule has 0 aromatic heterocycles. The summed E-state index contributed by atoms with van der Waals surface area (Å²) in [5.41, 5.74) is 0. The van der Waals surface area contributed by atoms with Crippen molar-refractivity contribution >= 4 is 0 Å². The number of halogens is 1. The van der Waals surface area contributed by atoms with E-state index in [0.29, 0.717) is 79.3 Å². The van der Waals surface area contributed by atoms with E-state index in [1.54, 1.807) is 0 Å². The Morgan fingerprint density at radius 1 is 0.500 bits per heavy atom. The van der Waals surface area contributed by atoms with Crippen molar-refractivity contribution in [1.82, 2.24) is 0 Å². The highest BCUT2D eigenvalue weighted by Gasteiger charge is 1.95.